The third kappa shape index (κ3) is 3.02. The van der Waals surface area contributed by atoms with E-state index in [9.17, 15) is 0 Å². The van der Waals surface area contributed by atoms with Crippen LogP contribution >= 0.6 is 0 Å². The maximum atomic E-state index is 4.11. The Bertz CT molecular complexity index is 528. The van der Waals surface area contributed by atoms with Crippen molar-refractivity contribution in [2.75, 3.05) is 11.9 Å². The van der Waals surface area contributed by atoms with Crippen LogP contribution in [0.5, 0.6) is 0 Å². The van der Waals surface area contributed by atoms with Crippen LogP contribution in [-0.4, -0.2) is 21.3 Å². The van der Waals surface area contributed by atoms with Gasteiger partial charge in [0, 0.05) is 12.2 Å². The van der Waals surface area contributed by atoms with Crippen molar-refractivity contribution in [1.82, 2.24) is 14.8 Å². The van der Waals surface area contributed by atoms with E-state index in [1.807, 2.05) is 0 Å². The Labute approximate surface area is 113 Å². The predicted molar refractivity (Wildman–Crippen MR) is 76.3 cm³/mol. The van der Waals surface area contributed by atoms with Crippen LogP contribution in [0.4, 0.5) is 5.69 Å². The third-order valence-electron chi connectivity index (χ3n) is 3.52. The van der Waals surface area contributed by atoms with Crippen LogP contribution in [0.2, 0.25) is 0 Å². The van der Waals surface area contributed by atoms with Crippen molar-refractivity contribution in [2.24, 2.45) is 5.92 Å². The zero-order valence-electron chi connectivity index (χ0n) is 10.9. The van der Waals surface area contributed by atoms with Crippen LogP contribution in [0.1, 0.15) is 19.3 Å². The third-order valence-corrected chi connectivity index (χ3v) is 3.52. The van der Waals surface area contributed by atoms with Crippen molar-refractivity contribution < 1.29 is 0 Å². The molecule has 0 saturated carbocycles. The molecule has 1 heterocycles. The van der Waals surface area contributed by atoms with Crippen molar-refractivity contribution in [1.29, 1.82) is 0 Å². The van der Waals surface area contributed by atoms with E-state index in [0.29, 0.717) is 0 Å². The van der Waals surface area contributed by atoms with E-state index < -0.39 is 0 Å². The Kier molecular flexibility index (Phi) is 3.58. The van der Waals surface area contributed by atoms with Gasteiger partial charge in [-0.2, -0.15) is 5.10 Å². The Morgan fingerprint density at radius 1 is 1.21 bits per heavy atom. The van der Waals surface area contributed by atoms with Gasteiger partial charge in [0.2, 0.25) is 0 Å². The summed E-state index contributed by atoms with van der Waals surface area (Å²) in [5.74, 6) is 0.764. The summed E-state index contributed by atoms with van der Waals surface area (Å²) < 4.78 is 1.76. The highest BCUT2D eigenvalue weighted by atomic mass is 15.3. The summed E-state index contributed by atoms with van der Waals surface area (Å²) in [5.41, 5.74) is 2.20. The zero-order valence-corrected chi connectivity index (χ0v) is 10.9. The molecule has 1 aromatic heterocycles. The van der Waals surface area contributed by atoms with Gasteiger partial charge < -0.3 is 5.32 Å². The maximum Gasteiger partial charge on any atom is 0.138 e. The van der Waals surface area contributed by atoms with Crippen LogP contribution in [0.25, 0.3) is 5.69 Å². The highest BCUT2D eigenvalue weighted by Crippen LogP contribution is 2.19. The normalized spacial score (nSPS) is 18.4. The number of rotatable bonds is 4. The summed E-state index contributed by atoms with van der Waals surface area (Å²) in [6, 6.07) is 8.29. The van der Waals surface area contributed by atoms with Crippen LogP contribution in [0.3, 0.4) is 0 Å². The van der Waals surface area contributed by atoms with Gasteiger partial charge in [0.25, 0.3) is 0 Å². The monoisotopic (exact) mass is 254 g/mol. The molecule has 0 amide bonds. The van der Waals surface area contributed by atoms with Gasteiger partial charge in [-0.3, -0.25) is 0 Å². The molecule has 1 aliphatic carbocycles. The van der Waals surface area contributed by atoms with E-state index >= 15 is 0 Å². The molecule has 3 rings (SSSR count). The Hall–Kier alpha value is -2.10. The van der Waals surface area contributed by atoms with Gasteiger partial charge in [-0.25, -0.2) is 9.67 Å². The summed E-state index contributed by atoms with van der Waals surface area (Å²) in [6.07, 6.45) is 11.5. The second kappa shape index (κ2) is 5.69. The lowest BCUT2D eigenvalue weighted by atomic mass is 9.94. The smallest absolute Gasteiger partial charge is 0.138 e. The zero-order chi connectivity index (χ0) is 12.9. The number of nitrogens with one attached hydrogen (secondary N) is 1. The topological polar surface area (TPSA) is 42.7 Å². The number of benzene rings is 1. The van der Waals surface area contributed by atoms with Gasteiger partial charge in [0.15, 0.2) is 0 Å². The van der Waals surface area contributed by atoms with Gasteiger partial charge in [-0.15, -0.1) is 0 Å². The first-order valence-electron chi connectivity index (χ1n) is 6.76. The first-order valence-corrected chi connectivity index (χ1v) is 6.76. The summed E-state index contributed by atoms with van der Waals surface area (Å²) >= 11 is 0. The minimum absolute atomic E-state index is 0.764. The molecule has 0 spiro atoms. The van der Waals surface area contributed by atoms with Crippen molar-refractivity contribution in [3.63, 3.8) is 0 Å². The number of allylic oxidation sites excluding steroid dienone is 2. The first-order chi connectivity index (χ1) is 9.42. The van der Waals surface area contributed by atoms with E-state index in [2.05, 4.69) is 51.8 Å². The van der Waals surface area contributed by atoms with Gasteiger partial charge in [0.1, 0.15) is 12.7 Å². The molecule has 0 saturated heterocycles. The quantitative estimate of drug-likeness (QED) is 0.853. The minimum atomic E-state index is 0.764. The van der Waals surface area contributed by atoms with Crippen LogP contribution < -0.4 is 5.32 Å². The summed E-state index contributed by atoms with van der Waals surface area (Å²) in [4.78, 5) is 3.95. The standard InChI is InChI=1S/C15H18N4/c1-2-4-13(5-3-1)10-17-14-6-8-15(9-7-14)19-12-16-11-18-19/h1-2,6-9,11-13,17H,3-5,10H2. The molecule has 1 aliphatic rings. The number of hydrogen-bond acceptors (Lipinski definition) is 3. The molecule has 4 heteroatoms. The molecule has 1 unspecified atom stereocenters. The molecule has 0 aliphatic heterocycles. The summed E-state index contributed by atoms with van der Waals surface area (Å²) in [6.45, 7) is 1.05. The lowest BCUT2D eigenvalue weighted by Crippen LogP contribution is -2.15. The van der Waals surface area contributed by atoms with Gasteiger partial charge in [-0.1, -0.05) is 12.2 Å². The second-order valence-electron chi connectivity index (χ2n) is 4.92. The average Bonchev–Trinajstić information content (AvgIpc) is 3.01. The van der Waals surface area contributed by atoms with Crippen molar-refractivity contribution in [3.8, 4) is 5.69 Å². The summed E-state index contributed by atoms with van der Waals surface area (Å²) in [5, 5.41) is 7.62. The SMILES string of the molecule is C1=CCC(CNc2ccc(-n3cncn3)cc2)CC1. The first kappa shape index (κ1) is 12.0. The van der Waals surface area contributed by atoms with Crippen molar-refractivity contribution in [2.45, 2.75) is 19.3 Å². The fourth-order valence-corrected chi connectivity index (χ4v) is 2.38. The van der Waals surface area contributed by atoms with E-state index in [1.54, 1.807) is 17.3 Å². The van der Waals surface area contributed by atoms with E-state index in [-0.39, 0.29) is 0 Å². The highest BCUT2D eigenvalue weighted by molar-refractivity contribution is 5.48. The predicted octanol–water partition coefficient (Wildman–Crippen LogP) is 3.04. The number of hydrogen-bond donors (Lipinski definition) is 1. The minimum Gasteiger partial charge on any atom is -0.385 e. The van der Waals surface area contributed by atoms with Crippen LogP contribution in [-0.2, 0) is 0 Å². The largest absolute Gasteiger partial charge is 0.385 e. The van der Waals surface area contributed by atoms with Crippen LogP contribution in [0.15, 0.2) is 49.1 Å². The molecule has 2 aromatic rings. The second-order valence-corrected chi connectivity index (χ2v) is 4.92. The highest BCUT2D eigenvalue weighted by Gasteiger charge is 2.09. The molecule has 0 radical (unpaired) electrons. The fourth-order valence-electron chi connectivity index (χ4n) is 2.38. The number of aromatic nitrogens is 3. The number of anilines is 1. The molecule has 19 heavy (non-hydrogen) atoms. The summed E-state index contributed by atoms with van der Waals surface area (Å²) in [7, 11) is 0. The molecule has 1 aromatic carbocycles. The Balaban J connectivity index is 1.58. The lowest BCUT2D eigenvalue weighted by molar-refractivity contribution is 0.504. The molecule has 1 atom stereocenters. The molecule has 0 fully saturated rings. The maximum absolute atomic E-state index is 4.11. The Morgan fingerprint density at radius 3 is 2.79 bits per heavy atom. The lowest BCUT2D eigenvalue weighted by Gasteiger charge is -2.18. The van der Waals surface area contributed by atoms with Crippen molar-refractivity contribution in [3.05, 3.63) is 49.1 Å². The van der Waals surface area contributed by atoms with Gasteiger partial charge >= 0.3 is 0 Å². The van der Waals surface area contributed by atoms with Crippen molar-refractivity contribution >= 4 is 5.69 Å². The van der Waals surface area contributed by atoms with E-state index in [0.717, 1.165) is 18.2 Å². The molecular weight excluding hydrogens is 236 g/mol. The number of nitrogens with zero attached hydrogens (tertiary/aromatic N) is 3. The molecule has 1 N–H and O–H groups in total. The molecular formula is C15H18N4. The average molecular weight is 254 g/mol. The van der Waals surface area contributed by atoms with Crippen LogP contribution in [0, 0.1) is 5.92 Å². The molecule has 0 bridgehead atoms. The molecule has 4 nitrogen and oxygen atoms in total. The van der Waals surface area contributed by atoms with Gasteiger partial charge in [-0.05, 0) is 49.4 Å². The van der Waals surface area contributed by atoms with E-state index in [1.165, 1.54) is 24.9 Å². The van der Waals surface area contributed by atoms with Gasteiger partial charge in [0.05, 0.1) is 5.69 Å². The molecule has 98 valence electrons. The van der Waals surface area contributed by atoms with E-state index in [4.69, 9.17) is 0 Å². The Morgan fingerprint density at radius 2 is 2.11 bits per heavy atom. The fraction of sp³-hybridized carbons (Fsp3) is 0.333.